The van der Waals surface area contributed by atoms with Crippen molar-refractivity contribution in [1.82, 2.24) is 24.6 Å². The normalized spacial score (nSPS) is 13.8. The highest BCUT2D eigenvalue weighted by molar-refractivity contribution is 5.92. The Morgan fingerprint density at radius 1 is 0.861 bits per heavy atom. The van der Waals surface area contributed by atoms with Gasteiger partial charge in [-0.1, -0.05) is 0 Å². The molecule has 0 atom stereocenters. The molecule has 1 aliphatic rings. The second-order valence-corrected chi connectivity index (χ2v) is 8.57. The fourth-order valence-corrected chi connectivity index (χ4v) is 4.29. The molecular weight excluding hydrogens is 460 g/mol. The van der Waals surface area contributed by atoms with Gasteiger partial charge in [0.1, 0.15) is 11.6 Å². The molecule has 2 aromatic heterocycles. The summed E-state index contributed by atoms with van der Waals surface area (Å²) in [4.78, 5) is 26.1. The van der Waals surface area contributed by atoms with Gasteiger partial charge in [0.2, 0.25) is 11.7 Å². The largest absolute Gasteiger partial charge is 0.493 e. The van der Waals surface area contributed by atoms with Gasteiger partial charge >= 0.3 is 0 Å². The third kappa shape index (κ3) is 5.27. The molecule has 0 unspecified atom stereocenters. The van der Waals surface area contributed by atoms with Crippen LogP contribution in [0.5, 0.6) is 17.2 Å². The molecule has 190 valence electrons. The van der Waals surface area contributed by atoms with Gasteiger partial charge in [-0.2, -0.15) is 5.10 Å². The predicted octanol–water partition coefficient (Wildman–Crippen LogP) is 2.98. The molecule has 36 heavy (non-hydrogen) atoms. The standard InChI is InChI=1S/C26H32N6O4/c1-17-13-18(2)32(29-17)24-16-23(27-19(3)28-24)30-9-11-31(12-10-30)25(33)8-7-20-14-21(34-4)26(36-6)22(15-20)35-5/h7-8,13-16H,9-12H2,1-6H3/b8-7+. The van der Waals surface area contributed by atoms with Crippen LogP contribution in [0.2, 0.25) is 0 Å². The van der Waals surface area contributed by atoms with E-state index in [4.69, 9.17) is 14.2 Å². The van der Waals surface area contributed by atoms with Gasteiger partial charge in [-0.05, 0) is 50.6 Å². The summed E-state index contributed by atoms with van der Waals surface area (Å²) in [5.74, 6) is 3.81. The zero-order valence-electron chi connectivity index (χ0n) is 21.6. The van der Waals surface area contributed by atoms with Crippen LogP contribution in [0, 0.1) is 20.8 Å². The number of rotatable bonds is 7. The molecule has 10 nitrogen and oxygen atoms in total. The van der Waals surface area contributed by atoms with E-state index >= 15 is 0 Å². The average molecular weight is 493 g/mol. The first-order valence-corrected chi connectivity index (χ1v) is 11.7. The minimum Gasteiger partial charge on any atom is -0.493 e. The number of carbonyl (C=O) groups is 1. The maximum Gasteiger partial charge on any atom is 0.246 e. The van der Waals surface area contributed by atoms with Crippen molar-refractivity contribution in [3.63, 3.8) is 0 Å². The fraction of sp³-hybridized carbons (Fsp3) is 0.385. The van der Waals surface area contributed by atoms with Crippen molar-refractivity contribution in [3.8, 4) is 23.1 Å². The van der Waals surface area contributed by atoms with Crippen molar-refractivity contribution in [1.29, 1.82) is 0 Å². The Bertz CT molecular complexity index is 1250. The first-order valence-electron chi connectivity index (χ1n) is 11.7. The lowest BCUT2D eigenvalue weighted by Crippen LogP contribution is -2.48. The summed E-state index contributed by atoms with van der Waals surface area (Å²) in [6.07, 6.45) is 3.33. The van der Waals surface area contributed by atoms with Crippen molar-refractivity contribution < 1.29 is 19.0 Å². The van der Waals surface area contributed by atoms with Crippen molar-refractivity contribution in [2.75, 3.05) is 52.4 Å². The number of aryl methyl sites for hydroxylation is 3. The highest BCUT2D eigenvalue weighted by atomic mass is 16.5. The third-order valence-electron chi connectivity index (χ3n) is 6.06. The zero-order valence-corrected chi connectivity index (χ0v) is 21.6. The quantitative estimate of drug-likeness (QED) is 0.465. The molecule has 10 heteroatoms. The number of amides is 1. The molecule has 3 heterocycles. The Kier molecular flexibility index (Phi) is 7.42. The minimum atomic E-state index is -0.0504. The number of methoxy groups -OCH3 is 3. The maximum atomic E-state index is 12.9. The van der Waals surface area contributed by atoms with Gasteiger partial charge in [-0.25, -0.2) is 14.6 Å². The van der Waals surface area contributed by atoms with Crippen LogP contribution in [0.4, 0.5) is 5.82 Å². The Labute approximate surface area is 211 Å². The number of aromatic nitrogens is 4. The smallest absolute Gasteiger partial charge is 0.246 e. The van der Waals surface area contributed by atoms with Gasteiger partial charge in [0, 0.05) is 44.0 Å². The molecule has 0 bridgehead atoms. The lowest BCUT2D eigenvalue weighted by atomic mass is 10.1. The molecule has 1 aromatic carbocycles. The summed E-state index contributed by atoms with van der Waals surface area (Å²) < 4.78 is 18.0. The number of benzene rings is 1. The third-order valence-corrected chi connectivity index (χ3v) is 6.06. The first kappa shape index (κ1) is 25.0. The van der Waals surface area contributed by atoms with Gasteiger partial charge in [0.25, 0.3) is 0 Å². The molecular formula is C26H32N6O4. The van der Waals surface area contributed by atoms with Crippen LogP contribution >= 0.6 is 0 Å². The summed E-state index contributed by atoms with van der Waals surface area (Å²) in [5, 5.41) is 4.54. The van der Waals surface area contributed by atoms with Gasteiger partial charge in [0.05, 0.1) is 27.0 Å². The lowest BCUT2D eigenvalue weighted by molar-refractivity contribution is -0.126. The second kappa shape index (κ2) is 10.7. The van der Waals surface area contributed by atoms with Crippen molar-refractivity contribution >= 4 is 17.8 Å². The van der Waals surface area contributed by atoms with Gasteiger partial charge in [-0.3, -0.25) is 4.79 Å². The van der Waals surface area contributed by atoms with E-state index in [0.717, 1.165) is 28.6 Å². The summed E-state index contributed by atoms with van der Waals surface area (Å²) in [6, 6.07) is 7.59. The number of carbonyl (C=O) groups excluding carboxylic acids is 1. The van der Waals surface area contributed by atoms with E-state index in [2.05, 4.69) is 20.0 Å². The Morgan fingerprint density at radius 2 is 1.50 bits per heavy atom. The van der Waals surface area contributed by atoms with Gasteiger partial charge < -0.3 is 24.0 Å². The van der Waals surface area contributed by atoms with Gasteiger partial charge in [0.15, 0.2) is 17.3 Å². The predicted molar refractivity (Wildman–Crippen MR) is 137 cm³/mol. The molecule has 4 rings (SSSR count). The fourth-order valence-electron chi connectivity index (χ4n) is 4.29. The van der Waals surface area contributed by atoms with Crippen LogP contribution in [0.25, 0.3) is 11.9 Å². The Hall–Kier alpha value is -4.08. The second-order valence-electron chi connectivity index (χ2n) is 8.57. The van der Waals surface area contributed by atoms with Crippen LogP contribution in [0.1, 0.15) is 22.8 Å². The number of anilines is 1. The molecule has 0 saturated carbocycles. The van der Waals surface area contributed by atoms with Gasteiger partial charge in [-0.15, -0.1) is 0 Å². The van der Waals surface area contributed by atoms with E-state index in [1.165, 1.54) is 0 Å². The first-order chi connectivity index (χ1) is 17.3. The number of hydrogen-bond donors (Lipinski definition) is 0. The number of nitrogens with zero attached hydrogens (tertiary/aromatic N) is 6. The highest BCUT2D eigenvalue weighted by Crippen LogP contribution is 2.38. The summed E-state index contributed by atoms with van der Waals surface area (Å²) in [6.45, 7) is 8.39. The molecule has 1 saturated heterocycles. The van der Waals surface area contributed by atoms with Crippen LogP contribution in [0.3, 0.4) is 0 Å². The lowest BCUT2D eigenvalue weighted by Gasteiger charge is -2.35. The van der Waals surface area contributed by atoms with Crippen molar-refractivity contribution in [2.45, 2.75) is 20.8 Å². The van der Waals surface area contributed by atoms with E-state index < -0.39 is 0 Å². The zero-order chi connectivity index (χ0) is 25.8. The van der Waals surface area contributed by atoms with E-state index in [0.29, 0.717) is 49.3 Å². The highest BCUT2D eigenvalue weighted by Gasteiger charge is 2.22. The molecule has 0 aliphatic carbocycles. The molecule has 1 amide bonds. The summed E-state index contributed by atoms with van der Waals surface area (Å²) >= 11 is 0. The molecule has 1 aliphatic heterocycles. The topological polar surface area (TPSA) is 94.8 Å². The summed E-state index contributed by atoms with van der Waals surface area (Å²) in [5.41, 5.74) is 2.74. The maximum absolute atomic E-state index is 12.9. The average Bonchev–Trinajstić information content (AvgIpc) is 3.23. The number of ether oxygens (including phenoxy) is 3. The SMILES string of the molecule is COc1cc(/C=C/C(=O)N2CCN(c3cc(-n4nc(C)cc4C)nc(C)n3)CC2)cc(OC)c1OC. The molecule has 0 radical (unpaired) electrons. The molecule has 1 fully saturated rings. The van der Waals surface area contributed by atoms with Crippen molar-refractivity contribution in [2.24, 2.45) is 0 Å². The van der Waals surface area contributed by atoms with Crippen LogP contribution in [-0.2, 0) is 4.79 Å². The monoisotopic (exact) mass is 492 g/mol. The Balaban J connectivity index is 1.43. The van der Waals surface area contributed by atoms with Crippen LogP contribution in [0.15, 0.2) is 30.3 Å². The van der Waals surface area contributed by atoms with Crippen molar-refractivity contribution in [3.05, 3.63) is 53.1 Å². The molecule has 3 aromatic rings. The van der Waals surface area contributed by atoms with Crippen LogP contribution < -0.4 is 19.1 Å². The number of hydrogen-bond acceptors (Lipinski definition) is 8. The van der Waals surface area contributed by atoms with E-state index in [1.807, 2.05) is 42.5 Å². The van der Waals surface area contributed by atoms with E-state index in [1.54, 1.807) is 45.6 Å². The van der Waals surface area contributed by atoms with Crippen LogP contribution in [-0.4, -0.2) is 78.1 Å². The van der Waals surface area contributed by atoms with E-state index in [-0.39, 0.29) is 5.91 Å². The Morgan fingerprint density at radius 3 is 2.06 bits per heavy atom. The number of piperazine rings is 1. The molecule has 0 N–H and O–H groups in total. The minimum absolute atomic E-state index is 0.0504. The molecule has 0 spiro atoms. The van der Waals surface area contributed by atoms with E-state index in [9.17, 15) is 4.79 Å². The summed E-state index contributed by atoms with van der Waals surface area (Å²) in [7, 11) is 4.69.